The van der Waals surface area contributed by atoms with Gasteiger partial charge in [0, 0.05) is 23.3 Å². The first-order valence-corrected chi connectivity index (χ1v) is 8.28. The summed E-state index contributed by atoms with van der Waals surface area (Å²) in [6.45, 7) is 6.16. The third-order valence-electron chi connectivity index (χ3n) is 5.69. The summed E-state index contributed by atoms with van der Waals surface area (Å²) in [5.41, 5.74) is 1.55. The Morgan fingerprint density at radius 2 is 1.74 bits per heavy atom. The second-order valence-electron chi connectivity index (χ2n) is 8.54. The molecule has 0 spiro atoms. The van der Waals surface area contributed by atoms with Crippen molar-refractivity contribution in [2.45, 2.75) is 63.2 Å². The van der Waals surface area contributed by atoms with Crippen molar-refractivity contribution >= 4 is 15.9 Å². The second kappa shape index (κ2) is 3.47. The molecule has 1 heterocycles. The zero-order valence-corrected chi connectivity index (χ0v) is 13.5. The molecule has 104 valence electrons. The van der Waals surface area contributed by atoms with E-state index in [9.17, 15) is 0 Å². The Kier molecular flexibility index (Phi) is 2.27. The van der Waals surface area contributed by atoms with Crippen LogP contribution in [0.1, 0.15) is 52.4 Å². The molecular formula is C16H23BrN2. The van der Waals surface area contributed by atoms with Crippen molar-refractivity contribution in [2.24, 2.45) is 16.2 Å². The Labute approximate surface area is 124 Å². The van der Waals surface area contributed by atoms with Crippen LogP contribution in [0.2, 0.25) is 0 Å². The molecule has 0 amide bonds. The molecule has 19 heavy (non-hydrogen) atoms. The van der Waals surface area contributed by atoms with Crippen LogP contribution in [0.4, 0.5) is 0 Å². The minimum absolute atomic E-state index is 0.401. The van der Waals surface area contributed by atoms with Crippen molar-refractivity contribution in [1.29, 1.82) is 0 Å². The number of halogens is 1. The lowest BCUT2D eigenvalue weighted by molar-refractivity contribution is -0.137. The van der Waals surface area contributed by atoms with Crippen LogP contribution in [0, 0.1) is 16.2 Å². The Morgan fingerprint density at radius 1 is 1.05 bits per heavy atom. The summed E-state index contributed by atoms with van der Waals surface area (Å²) in [6, 6.07) is 2.05. The van der Waals surface area contributed by atoms with Crippen LogP contribution in [0.15, 0.2) is 18.5 Å². The minimum atomic E-state index is 0.401. The zero-order chi connectivity index (χ0) is 13.4. The van der Waals surface area contributed by atoms with Gasteiger partial charge < -0.3 is 0 Å². The molecule has 4 saturated carbocycles. The minimum Gasteiger partial charge on any atom is -0.272 e. The zero-order valence-electron chi connectivity index (χ0n) is 12.0. The van der Waals surface area contributed by atoms with Gasteiger partial charge in [-0.2, -0.15) is 5.10 Å². The van der Waals surface area contributed by atoms with Gasteiger partial charge in [-0.1, -0.05) is 29.8 Å². The molecule has 4 bridgehead atoms. The van der Waals surface area contributed by atoms with Gasteiger partial charge in [0.2, 0.25) is 0 Å². The maximum Gasteiger partial charge on any atom is 0.0489 e. The Morgan fingerprint density at radius 3 is 2.26 bits per heavy atom. The lowest BCUT2D eigenvalue weighted by Crippen LogP contribution is -2.61. The van der Waals surface area contributed by atoms with Gasteiger partial charge in [0.1, 0.15) is 0 Å². The molecule has 0 N–H and O–H groups in total. The van der Waals surface area contributed by atoms with Crippen LogP contribution in [-0.2, 0) is 6.54 Å². The summed E-state index contributed by atoms with van der Waals surface area (Å²) in [7, 11) is 0. The molecule has 1 aromatic heterocycles. The number of alkyl halides is 1. The largest absolute Gasteiger partial charge is 0.272 e. The highest BCUT2D eigenvalue weighted by Gasteiger charge is 2.64. The highest BCUT2D eigenvalue weighted by molar-refractivity contribution is 9.10. The van der Waals surface area contributed by atoms with Gasteiger partial charge in [0.25, 0.3) is 0 Å². The van der Waals surface area contributed by atoms with E-state index in [1.165, 1.54) is 38.5 Å². The first-order valence-electron chi connectivity index (χ1n) is 7.48. The van der Waals surface area contributed by atoms with Crippen molar-refractivity contribution in [3.05, 3.63) is 18.5 Å². The number of aromatic nitrogens is 2. The standard InChI is InChI=1S/C16H23BrN2/c1-13-6-14(2)8-15(7-13,11-16(17,9-13)10-14)12-19-5-3-4-18-19/h3-5H,6-12H2,1-2H3/t13-,14+,15?,16?. The van der Waals surface area contributed by atoms with E-state index in [4.69, 9.17) is 0 Å². The van der Waals surface area contributed by atoms with Gasteiger partial charge in [-0.25, -0.2) is 0 Å². The molecule has 4 atom stereocenters. The monoisotopic (exact) mass is 322 g/mol. The maximum atomic E-state index is 4.46. The molecular weight excluding hydrogens is 300 g/mol. The molecule has 0 aromatic carbocycles. The number of rotatable bonds is 2. The molecule has 2 unspecified atom stereocenters. The summed E-state index contributed by atoms with van der Waals surface area (Å²) in [4.78, 5) is 0. The molecule has 0 radical (unpaired) electrons. The molecule has 1 aromatic rings. The maximum absolute atomic E-state index is 4.46. The molecule has 0 saturated heterocycles. The average molecular weight is 323 g/mol. The van der Waals surface area contributed by atoms with E-state index < -0.39 is 0 Å². The first-order chi connectivity index (χ1) is 8.82. The highest BCUT2D eigenvalue weighted by Crippen LogP contribution is 2.73. The molecule has 4 aliphatic carbocycles. The Balaban J connectivity index is 1.73. The predicted octanol–water partition coefficient (Wildman–Crippen LogP) is 4.40. The molecule has 3 heteroatoms. The number of hydrogen-bond donors (Lipinski definition) is 0. The number of hydrogen-bond acceptors (Lipinski definition) is 1. The third kappa shape index (κ3) is 1.91. The lowest BCUT2D eigenvalue weighted by atomic mass is 9.40. The van der Waals surface area contributed by atoms with E-state index >= 15 is 0 Å². The fourth-order valence-electron chi connectivity index (χ4n) is 6.70. The fraction of sp³-hybridized carbons (Fsp3) is 0.812. The smallest absolute Gasteiger partial charge is 0.0489 e. The van der Waals surface area contributed by atoms with E-state index in [1.807, 2.05) is 12.3 Å². The summed E-state index contributed by atoms with van der Waals surface area (Å²) < 4.78 is 2.56. The fourth-order valence-corrected chi connectivity index (χ4v) is 8.65. The van der Waals surface area contributed by atoms with E-state index in [-0.39, 0.29) is 0 Å². The molecule has 4 fully saturated rings. The van der Waals surface area contributed by atoms with Crippen LogP contribution < -0.4 is 0 Å². The predicted molar refractivity (Wildman–Crippen MR) is 80.2 cm³/mol. The lowest BCUT2D eigenvalue weighted by Gasteiger charge is -2.68. The molecule has 0 aliphatic heterocycles. The van der Waals surface area contributed by atoms with Gasteiger partial charge in [-0.15, -0.1) is 0 Å². The van der Waals surface area contributed by atoms with Crippen LogP contribution in [0.25, 0.3) is 0 Å². The molecule has 5 rings (SSSR count). The van der Waals surface area contributed by atoms with Crippen LogP contribution in [0.5, 0.6) is 0 Å². The second-order valence-corrected chi connectivity index (χ2v) is 10.2. The average Bonchev–Trinajstić information content (AvgIpc) is 2.60. The summed E-state index contributed by atoms with van der Waals surface area (Å²) in [5, 5.41) is 4.46. The van der Waals surface area contributed by atoms with Crippen LogP contribution in [-0.4, -0.2) is 14.1 Å². The Bertz CT molecular complexity index is 453. The van der Waals surface area contributed by atoms with E-state index in [0.717, 1.165) is 6.54 Å². The van der Waals surface area contributed by atoms with Gasteiger partial charge >= 0.3 is 0 Å². The summed E-state index contributed by atoms with van der Waals surface area (Å²) in [5.74, 6) is 0. The van der Waals surface area contributed by atoms with Gasteiger partial charge in [0.05, 0.1) is 0 Å². The molecule has 2 nitrogen and oxygen atoms in total. The van der Waals surface area contributed by atoms with Crippen molar-refractivity contribution in [2.75, 3.05) is 0 Å². The topological polar surface area (TPSA) is 17.8 Å². The first kappa shape index (κ1) is 12.4. The Hall–Kier alpha value is -0.310. The summed E-state index contributed by atoms with van der Waals surface area (Å²) in [6.07, 6.45) is 12.3. The quantitative estimate of drug-likeness (QED) is 0.738. The van der Waals surface area contributed by atoms with E-state index in [0.29, 0.717) is 20.6 Å². The SMILES string of the molecule is C[C@]12CC3(Br)CC(Cn4cccn4)(C1)C[C@@](C)(C3)C2. The van der Waals surface area contributed by atoms with E-state index in [2.05, 4.69) is 45.8 Å². The van der Waals surface area contributed by atoms with Gasteiger partial charge in [-0.3, -0.25) is 4.68 Å². The normalized spacial score (nSPS) is 51.7. The van der Waals surface area contributed by atoms with Crippen molar-refractivity contribution < 1.29 is 0 Å². The van der Waals surface area contributed by atoms with E-state index in [1.54, 1.807) is 0 Å². The number of nitrogens with zero attached hydrogens (tertiary/aromatic N) is 2. The van der Waals surface area contributed by atoms with Crippen molar-refractivity contribution in [3.63, 3.8) is 0 Å². The van der Waals surface area contributed by atoms with Gasteiger partial charge in [-0.05, 0) is 60.8 Å². The van der Waals surface area contributed by atoms with Crippen molar-refractivity contribution in [1.82, 2.24) is 9.78 Å². The third-order valence-corrected chi connectivity index (χ3v) is 6.53. The summed E-state index contributed by atoms with van der Waals surface area (Å²) >= 11 is 4.14. The highest BCUT2D eigenvalue weighted by atomic mass is 79.9. The molecule has 4 aliphatic rings. The van der Waals surface area contributed by atoms with Crippen LogP contribution >= 0.6 is 15.9 Å². The van der Waals surface area contributed by atoms with Crippen LogP contribution in [0.3, 0.4) is 0 Å². The van der Waals surface area contributed by atoms with Gasteiger partial charge in [0.15, 0.2) is 0 Å². The van der Waals surface area contributed by atoms with Crippen molar-refractivity contribution in [3.8, 4) is 0 Å².